The minimum Gasteiger partial charge on any atom is -0.496 e. The number of nitro benzene ring substituents is 1. The van der Waals surface area contributed by atoms with Crippen molar-refractivity contribution in [3.05, 3.63) is 68.8 Å². The summed E-state index contributed by atoms with van der Waals surface area (Å²) in [4.78, 5) is 34.0. The smallest absolute Gasteiger partial charge is 0.338 e. The maximum absolute atomic E-state index is 12.2. The molecule has 2 aromatic carbocycles. The van der Waals surface area contributed by atoms with Crippen LogP contribution in [0.5, 0.6) is 5.75 Å². The third kappa shape index (κ3) is 4.20. The Morgan fingerprint density at radius 2 is 1.80 bits per heavy atom. The summed E-state index contributed by atoms with van der Waals surface area (Å²) in [6, 6.07) is 8.89. The number of hydrogen-bond donors (Lipinski definition) is 0. The molecular formula is C18H17NO6. The minimum atomic E-state index is -0.617. The van der Waals surface area contributed by atoms with Gasteiger partial charge in [0.15, 0.2) is 5.78 Å². The minimum absolute atomic E-state index is 0.0626. The van der Waals surface area contributed by atoms with Crippen LogP contribution in [0.1, 0.15) is 38.8 Å². The fourth-order valence-electron chi connectivity index (χ4n) is 2.32. The van der Waals surface area contributed by atoms with E-state index in [-0.39, 0.29) is 23.6 Å². The van der Waals surface area contributed by atoms with E-state index in [9.17, 15) is 19.7 Å². The van der Waals surface area contributed by atoms with Gasteiger partial charge >= 0.3 is 5.97 Å². The van der Waals surface area contributed by atoms with E-state index in [2.05, 4.69) is 0 Å². The molecule has 0 aliphatic heterocycles. The highest BCUT2D eigenvalue weighted by atomic mass is 16.6. The molecule has 7 heteroatoms. The van der Waals surface area contributed by atoms with Gasteiger partial charge < -0.3 is 9.47 Å². The van der Waals surface area contributed by atoms with Crippen LogP contribution in [0.3, 0.4) is 0 Å². The van der Waals surface area contributed by atoms with Gasteiger partial charge in [-0.05, 0) is 44.2 Å². The molecule has 0 saturated heterocycles. The molecule has 0 aliphatic rings. The Labute approximate surface area is 144 Å². The number of nitrogens with zero attached hydrogens (tertiary/aromatic N) is 1. The molecule has 0 aliphatic carbocycles. The van der Waals surface area contributed by atoms with Gasteiger partial charge in [-0.15, -0.1) is 0 Å². The second kappa shape index (κ2) is 7.57. The predicted octanol–water partition coefficient (Wildman–Crippen LogP) is 3.47. The van der Waals surface area contributed by atoms with Gasteiger partial charge in [0.2, 0.25) is 0 Å². The van der Waals surface area contributed by atoms with Crippen LogP contribution in [-0.2, 0) is 11.3 Å². The van der Waals surface area contributed by atoms with Gasteiger partial charge in [0, 0.05) is 22.8 Å². The van der Waals surface area contributed by atoms with Crippen LogP contribution in [0, 0.1) is 17.0 Å². The molecule has 2 aromatic rings. The Balaban J connectivity index is 2.17. The number of Topliss-reactive ketones (excluding diaryl/α,β-unsaturated/α-hetero) is 1. The van der Waals surface area contributed by atoms with Crippen molar-refractivity contribution in [3.63, 3.8) is 0 Å². The van der Waals surface area contributed by atoms with Gasteiger partial charge in [-0.25, -0.2) is 4.79 Å². The maximum Gasteiger partial charge on any atom is 0.338 e. The first-order valence-electron chi connectivity index (χ1n) is 7.43. The summed E-state index contributed by atoms with van der Waals surface area (Å²) in [5, 5.41) is 10.8. The van der Waals surface area contributed by atoms with E-state index in [1.54, 1.807) is 25.1 Å². The highest BCUT2D eigenvalue weighted by molar-refractivity contribution is 5.94. The number of benzene rings is 2. The molecule has 0 saturated carbocycles. The molecule has 2 rings (SSSR count). The highest BCUT2D eigenvalue weighted by Crippen LogP contribution is 2.23. The molecule has 0 fully saturated rings. The van der Waals surface area contributed by atoms with Gasteiger partial charge in [-0.3, -0.25) is 14.9 Å². The largest absolute Gasteiger partial charge is 0.496 e. The molecule has 0 aromatic heterocycles. The first kappa shape index (κ1) is 18.1. The molecule has 0 heterocycles. The average molecular weight is 343 g/mol. The number of carbonyl (C=O) groups is 2. The predicted molar refractivity (Wildman–Crippen MR) is 90.0 cm³/mol. The molecule has 0 amide bonds. The monoisotopic (exact) mass is 343 g/mol. The second-order valence-electron chi connectivity index (χ2n) is 5.42. The summed E-state index contributed by atoms with van der Waals surface area (Å²) < 4.78 is 10.4. The zero-order valence-corrected chi connectivity index (χ0v) is 14.1. The molecule has 7 nitrogen and oxygen atoms in total. The van der Waals surface area contributed by atoms with Gasteiger partial charge in [0.25, 0.3) is 5.69 Å². The number of hydrogen-bond acceptors (Lipinski definition) is 6. The normalized spacial score (nSPS) is 10.2. The number of ether oxygens (including phenoxy) is 2. The van der Waals surface area contributed by atoms with Crippen molar-refractivity contribution in [2.75, 3.05) is 7.11 Å². The standard InChI is InChI=1S/C18H17NO6/c1-11-8-14(4-6-16(11)19(22)23)18(21)25-10-15-9-13(12(2)20)5-7-17(15)24-3/h4-9H,10H2,1-3H3. The molecule has 0 bridgehead atoms. The van der Waals surface area contributed by atoms with Crippen molar-refractivity contribution in [1.82, 2.24) is 0 Å². The van der Waals surface area contributed by atoms with E-state index >= 15 is 0 Å². The topological polar surface area (TPSA) is 95.7 Å². The summed E-state index contributed by atoms with van der Waals surface area (Å²) in [6.07, 6.45) is 0. The van der Waals surface area contributed by atoms with Crippen molar-refractivity contribution in [2.24, 2.45) is 0 Å². The van der Waals surface area contributed by atoms with Gasteiger partial charge in [0.1, 0.15) is 12.4 Å². The van der Waals surface area contributed by atoms with Crippen molar-refractivity contribution in [3.8, 4) is 5.75 Å². The SMILES string of the molecule is COc1ccc(C(C)=O)cc1COC(=O)c1ccc([N+](=O)[O-])c(C)c1. The number of nitro groups is 1. The van der Waals surface area contributed by atoms with E-state index in [0.29, 0.717) is 22.4 Å². The molecule has 25 heavy (non-hydrogen) atoms. The number of aryl methyl sites for hydroxylation is 1. The van der Waals surface area contributed by atoms with Crippen LogP contribution in [0.15, 0.2) is 36.4 Å². The summed E-state index contributed by atoms with van der Waals surface area (Å²) in [5.41, 5.74) is 1.56. The van der Waals surface area contributed by atoms with E-state index in [4.69, 9.17) is 9.47 Å². The Morgan fingerprint density at radius 1 is 1.12 bits per heavy atom. The Hall–Kier alpha value is -3.22. The number of carbonyl (C=O) groups excluding carboxylic acids is 2. The first-order chi connectivity index (χ1) is 11.8. The molecule has 130 valence electrons. The third-order valence-electron chi connectivity index (χ3n) is 3.67. The molecule has 0 unspecified atom stereocenters. The van der Waals surface area contributed by atoms with Crippen molar-refractivity contribution < 1.29 is 24.0 Å². The van der Waals surface area contributed by atoms with E-state index in [1.807, 2.05) is 0 Å². The van der Waals surface area contributed by atoms with Crippen LogP contribution < -0.4 is 4.74 Å². The Morgan fingerprint density at radius 3 is 2.36 bits per heavy atom. The zero-order chi connectivity index (χ0) is 18.6. The quantitative estimate of drug-likeness (QED) is 0.345. The van der Waals surface area contributed by atoms with Gasteiger partial charge in [0.05, 0.1) is 17.6 Å². The average Bonchev–Trinajstić information content (AvgIpc) is 2.58. The first-order valence-corrected chi connectivity index (χ1v) is 7.43. The van der Waals surface area contributed by atoms with Crippen LogP contribution in [-0.4, -0.2) is 23.8 Å². The van der Waals surface area contributed by atoms with Crippen LogP contribution in [0.4, 0.5) is 5.69 Å². The number of ketones is 1. The fourth-order valence-corrected chi connectivity index (χ4v) is 2.32. The van der Waals surface area contributed by atoms with Crippen molar-refractivity contribution in [1.29, 1.82) is 0 Å². The lowest BCUT2D eigenvalue weighted by molar-refractivity contribution is -0.385. The van der Waals surface area contributed by atoms with Crippen LogP contribution in [0.2, 0.25) is 0 Å². The molecule has 0 radical (unpaired) electrons. The van der Waals surface area contributed by atoms with Crippen LogP contribution >= 0.6 is 0 Å². The van der Waals surface area contributed by atoms with Crippen molar-refractivity contribution >= 4 is 17.4 Å². The third-order valence-corrected chi connectivity index (χ3v) is 3.67. The summed E-state index contributed by atoms with van der Waals surface area (Å²) >= 11 is 0. The zero-order valence-electron chi connectivity index (χ0n) is 14.1. The van der Waals surface area contributed by atoms with E-state index in [1.165, 1.54) is 32.2 Å². The lowest BCUT2D eigenvalue weighted by atomic mass is 10.1. The molecule has 0 spiro atoms. The summed E-state index contributed by atoms with van der Waals surface area (Å²) in [7, 11) is 1.48. The second-order valence-corrected chi connectivity index (χ2v) is 5.42. The lowest BCUT2D eigenvalue weighted by Crippen LogP contribution is -2.07. The number of methoxy groups -OCH3 is 1. The molecular weight excluding hydrogens is 326 g/mol. The Kier molecular flexibility index (Phi) is 5.49. The Bertz CT molecular complexity index is 843. The lowest BCUT2D eigenvalue weighted by Gasteiger charge is -2.11. The van der Waals surface area contributed by atoms with Crippen molar-refractivity contribution in [2.45, 2.75) is 20.5 Å². The van der Waals surface area contributed by atoms with Gasteiger partial charge in [-0.2, -0.15) is 0 Å². The van der Waals surface area contributed by atoms with Crippen LogP contribution in [0.25, 0.3) is 0 Å². The van der Waals surface area contributed by atoms with Gasteiger partial charge in [-0.1, -0.05) is 0 Å². The molecule has 0 atom stereocenters. The fraction of sp³-hybridized carbons (Fsp3) is 0.222. The molecule has 0 N–H and O–H groups in total. The summed E-state index contributed by atoms with van der Waals surface area (Å²) in [6.45, 7) is 2.91. The summed E-state index contributed by atoms with van der Waals surface area (Å²) in [5.74, 6) is -0.229. The number of esters is 1. The van der Waals surface area contributed by atoms with E-state index < -0.39 is 10.9 Å². The number of rotatable bonds is 6. The van der Waals surface area contributed by atoms with E-state index in [0.717, 1.165) is 0 Å². The highest BCUT2D eigenvalue weighted by Gasteiger charge is 2.16. The maximum atomic E-state index is 12.2.